The van der Waals surface area contributed by atoms with Gasteiger partial charge in [0.2, 0.25) is 0 Å². The first-order valence-corrected chi connectivity index (χ1v) is 12.9. The average molecular weight is 565 g/mol. The maximum atomic E-state index is 13.6. The molecule has 202 valence electrons. The minimum absolute atomic E-state index is 0.116. The van der Waals surface area contributed by atoms with E-state index >= 15 is 0 Å². The molecular formula is C30H20N4O6S. The van der Waals surface area contributed by atoms with Crippen molar-refractivity contribution in [1.29, 1.82) is 5.26 Å². The number of nitro groups is 1. The van der Waals surface area contributed by atoms with Crippen LogP contribution in [0.15, 0.2) is 100 Å². The van der Waals surface area contributed by atoms with E-state index in [4.69, 9.17) is 9.15 Å². The second-order valence-electron chi connectivity index (χ2n) is 8.54. The molecule has 2 aromatic heterocycles. The Kier molecular flexibility index (Phi) is 7.58. The van der Waals surface area contributed by atoms with Crippen LogP contribution in [-0.2, 0) is 4.79 Å². The summed E-state index contributed by atoms with van der Waals surface area (Å²) in [5.41, 5.74) is 0.360. The SMILES string of the molecule is COc1ccc(NC(=O)/C(C#N)=c2\s/c(=C/c3ccc(-c4ccccc4[N+](=O)[O-])o3)c(=O)n2-c2ccccc2)cc1. The Hall–Kier alpha value is -5.73. The minimum Gasteiger partial charge on any atom is -0.497 e. The first-order valence-electron chi connectivity index (χ1n) is 12.1. The van der Waals surface area contributed by atoms with Crippen molar-refractivity contribution in [2.24, 2.45) is 0 Å². The molecule has 0 aliphatic rings. The van der Waals surface area contributed by atoms with Gasteiger partial charge in [-0.25, -0.2) is 0 Å². The summed E-state index contributed by atoms with van der Waals surface area (Å²) < 4.78 is 12.6. The quantitative estimate of drug-likeness (QED) is 0.231. The second kappa shape index (κ2) is 11.6. The van der Waals surface area contributed by atoms with Gasteiger partial charge in [0, 0.05) is 17.8 Å². The molecule has 11 heteroatoms. The van der Waals surface area contributed by atoms with Crippen molar-refractivity contribution in [3.63, 3.8) is 0 Å². The number of nitrogens with zero attached hydrogens (tertiary/aromatic N) is 3. The van der Waals surface area contributed by atoms with Gasteiger partial charge in [0.1, 0.15) is 28.0 Å². The number of aromatic nitrogens is 1. The van der Waals surface area contributed by atoms with Crippen LogP contribution in [0.2, 0.25) is 0 Å². The molecule has 0 saturated carbocycles. The Morgan fingerprint density at radius 3 is 2.44 bits per heavy atom. The van der Waals surface area contributed by atoms with Crippen LogP contribution in [0.3, 0.4) is 0 Å². The van der Waals surface area contributed by atoms with Crippen LogP contribution in [0.25, 0.3) is 28.7 Å². The number of thiazole rings is 1. The van der Waals surface area contributed by atoms with Crippen molar-refractivity contribution in [3.8, 4) is 28.8 Å². The summed E-state index contributed by atoms with van der Waals surface area (Å²) in [6.45, 7) is 0. The van der Waals surface area contributed by atoms with Gasteiger partial charge in [0.05, 0.1) is 27.8 Å². The van der Waals surface area contributed by atoms with E-state index in [0.717, 1.165) is 11.3 Å². The topological polar surface area (TPSA) is 140 Å². The van der Waals surface area contributed by atoms with Crippen molar-refractivity contribution >= 4 is 40.3 Å². The predicted octanol–water partition coefficient (Wildman–Crippen LogP) is 4.22. The van der Waals surface area contributed by atoms with Gasteiger partial charge < -0.3 is 14.5 Å². The van der Waals surface area contributed by atoms with E-state index in [1.807, 2.05) is 6.07 Å². The molecule has 0 spiro atoms. The second-order valence-corrected chi connectivity index (χ2v) is 9.57. The van der Waals surface area contributed by atoms with E-state index in [2.05, 4.69) is 5.32 Å². The summed E-state index contributed by atoms with van der Waals surface area (Å²) in [5.74, 6) is 0.440. The fourth-order valence-corrected chi connectivity index (χ4v) is 5.15. The third-order valence-corrected chi connectivity index (χ3v) is 7.10. The largest absolute Gasteiger partial charge is 0.497 e. The lowest BCUT2D eigenvalue weighted by Crippen LogP contribution is -2.32. The van der Waals surface area contributed by atoms with Crippen LogP contribution < -0.4 is 24.8 Å². The summed E-state index contributed by atoms with van der Waals surface area (Å²) in [5, 5.41) is 24.2. The third-order valence-electron chi connectivity index (χ3n) is 6.00. The molecule has 0 saturated heterocycles. The van der Waals surface area contributed by atoms with E-state index in [9.17, 15) is 25.0 Å². The molecule has 5 rings (SSSR count). The number of furan rings is 1. The minimum atomic E-state index is -0.688. The van der Waals surface area contributed by atoms with Crippen LogP contribution >= 0.6 is 11.3 Å². The lowest BCUT2D eigenvalue weighted by atomic mass is 10.1. The van der Waals surface area contributed by atoms with Gasteiger partial charge in [-0.3, -0.25) is 24.3 Å². The molecule has 0 radical (unpaired) electrons. The molecular weight excluding hydrogens is 544 g/mol. The van der Waals surface area contributed by atoms with E-state index in [0.29, 0.717) is 22.7 Å². The lowest BCUT2D eigenvalue weighted by Gasteiger charge is -2.06. The van der Waals surface area contributed by atoms with Crippen molar-refractivity contribution < 1.29 is 18.9 Å². The van der Waals surface area contributed by atoms with Crippen molar-refractivity contribution in [3.05, 3.63) is 126 Å². The monoisotopic (exact) mass is 564 g/mol. The van der Waals surface area contributed by atoms with E-state index in [1.165, 1.54) is 23.8 Å². The number of hydrogen-bond acceptors (Lipinski definition) is 8. The first kappa shape index (κ1) is 26.9. The Bertz CT molecular complexity index is 1980. The van der Waals surface area contributed by atoms with Gasteiger partial charge in [-0.15, -0.1) is 11.3 Å². The van der Waals surface area contributed by atoms with Gasteiger partial charge in [-0.2, -0.15) is 5.26 Å². The Balaban J connectivity index is 1.64. The number of carbonyl (C=O) groups is 1. The summed E-state index contributed by atoms with van der Waals surface area (Å²) in [7, 11) is 1.53. The highest BCUT2D eigenvalue weighted by Gasteiger charge is 2.19. The Morgan fingerprint density at radius 1 is 1.05 bits per heavy atom. The maximum absolute atomic E-state index is 13.6. The van der Waals surface area contributed by atoms with Gasteiger partial charge in [-0.05, 0) is 54.6 Å². The lowest BCUT2D eigenvalue weighted by molar-refractivity contribution is -0.384. The molecule has 0 aliphatic heterocycles. The molecule has 3 aromatic carbocycles. The number of amides is 1. The Labute approximate surface area is 236 Å². The number of nitro benzene ring substituents is 1. The third kappa shape index (κ3) is 5.54. The van der Waals surface area contributed by atoms with Crippen LogP contribution in [0.1, 0.15) is 5.76 Å². The molecule has 10 nitrogen and oxygen atoms in total. The number of para-hydroxylation sites is 2. The normalized spacial score (nSPS) is 12.0. The number of carbonyl (C=O) groups excluding carboxylic acids is 1. The van der Waals surface area contributed by atoms with Gasteiger partial charge in [0.15, 0.2) is 5.57 Å². The summed E-state index contributed by atoms with van der Waals surface area (Å²) in [6, 6.07) is 26.5. The zero-order valence-corrected chi connectivity index (χ0v) is 22.3. The average Bonchev–Trinajstić information content (AvgIpc) is 3.58. The molecule has 0 bridgehead atoms. The number of nitriles is 1. The van der Waals surface area contributed by atoms with Crippen molar-refractivity contribution in [1.82, 2.24) is 4.57 Å². The molecule has 5 aromatic rings. The zero-order valence-electron chi connectivity index (χ0n) is 21.4. The van der Waals surface area contributed by atoms with Gasteiger partial charge in [0.25, 0.3) is 17.2 Å². The van der Waals surface area contributed by atoms with E-state index in [1.54, 1.807) is 84.9 Å². The molecule has 0 unspecified atom stereocenters. The molecule has 0 aliphatic carbocycles. The highest BCUT2D eigenvalue weighted by atomic mass is 32.1. The zero-order chi connectivity index (χ0) is 28.9. The maximum Gasteiger partial charge on any atom is 0.280 e. The highest BCUT2D eigenvalue weighted by Crippen LogP contribution is 2.31. The fourth-order valence-electron chi connectivity index (χ4n) is 4.07. The first-order chi connectivity index (χ1) is 19.9. The van der Waals surface area contributed by atoms with Crippen LogP contribution in [0.4, 0.5) is 11.4 Å². The molecule has 41 heavy (non-hydrogen) atoms. The summed E-state index contributed by atoms with van der Waals surface area (Å²) in [4.78, 5) is 37.8. The number of benzene rings is 3. The smallest absolute Gasteiger partial charge is 0.280 e. The summed E-state index contributed by atoms with van der Waals surface area (Å²) in [6.07, 6.45) is 1.48. The predicted molar refractivity (Wildman–Crippen MR) is 154 cm³/mol. The molecule has 0 fully saturated rings. The molecule has 2 heterocycles. The van der Waals surface area contributed by atoms with Crippen LogP contribution in [0.5, 0.6) is 5.75 Å². The van der Waals surface area contributed by atoms with Crippen LogP contribution in [-0.4, -0.2) is 22.5 Å². The van der Waals surface area contributed by atoms with Crippen molar-refractivity contribution in [2.75, 3.05) is 12.4 Å². The number of methoxy groups -OCH3 is 1. The number of anilines is 1. The van der Waals surface area contributed by atoms with Crippen molar-refractivity contribution in [2.45, 2.75) is 0 Å². The standard InChI is InChI=1S/C30H20N4O6S/c1-39-21-13-11-19(12-14-21)32-28(35)24(18-31)30-33(20-7-3-2-4-8-20)29(36)27(41-30)17-22-15-16-26(40-22)23-9-5-6-10-25(23)34(37)38/h2-17H,1H3,(H,32,35)/b27-17+,30-24-. The molecule has 1 N–H and O–H groups in total. The number of rotatable bonds is 7. The van der Waals surface area contributed by atoms with Gasteiger partial charge in [-0.1, -0.05) is 30.3 Å². The Morgan fingerprint density at radius 2 is 1.76 bits per heavy atom. The fraction of sp³-hybridized carbons (Fsp3) is 0.0333. The number of ether oxygens (including phenoxy) is 1. The van der Waals surface area contributed by atoms with E-state index < -0.39 is 16.4 Å². The molecule has 0 atom stereocenters. The number of nitrogens with one attached hydrogen (secondary N) is 1. The summed E-state index contributed by atoms with van der Waals surface area (Å²) >= 11 is 0.953. The van der Waals surface area contributed by atoms with Crippen LogP contribution in [0, 0.1) is 21.4 Å². The van der Waals surface area contributed by atoms with E-state index in [-0.39, 0.29) is 32.0 Å². The van der Waals surface area contributed by atoms with Gasteiger partial charge >= 0.3 is 0 Å². The molecule has 1 amide bonds. The number of hydrogen-bond donors (Lipinski definition) is 1. The highest BCUT2D eigenvalue weighted by molar-refractivity contribution is 7.07.